The summed E-state index contributed by atoms with van der Waals surface area (Å²) in [5, 5.41) is 3.55. The molecule has 5 rings (SSSR count). The van der Waals surface area contributed by atoms with Crippen LogP contribution >= 0.6 is 11.6 Å². The van der Waals surface area contributed by atoms with Crippen molar-refractivity contribution in [3.63, 3.8) is 0 Å². The van der Waals surface area contributed by atoms with Gasteiger partial charge in [-0.15, -0.1) is 0 Å². The first kappa shape index (κ1) is 20.6. The molecule has 1 aliphatic heterocycles. The topological polar surface area (TPSA) is 61.4 Å². The van der Waals surface area contributed by atoms with E-state index in [9.17, 15) is 9.18 Å². The fourth-order valence-electron chi connectivity index (χ4n) is 5.19. The highest BCUT2D eigenvalue weighted by atomic mass is 35.5. The number of halogens is 2. The second-order valence-corrected chi connectivity index (χ2v) is 9.77. The normalized spacial score (nSPS) is 28.4. The van der Waals surface area contributed by atoms with Gasteiger partial charge in [-0.2, -0.15) is 0 Å². The summed E-state index contributed by atoms with van der Waals surface area (Å²) in [6, 6.07) is 6.72. The summed E-state index contributed by atoms with van der Waals surface area (Å²) < 4.78 is 14.0. The summed E-state index contributed by atoms with van der Waals surface area (Å²) in [5.41, 5.74) is 0.969. The average molecular weight is 444 g/mol. The molecule has 2 heterocycles. The summed E-state index contributed by atoms with van der Waals surface area (Å²) in [6.45, 7) is 0.532. The van der Waals surface area contributed by atoms with Crippen molar-refractivity contribution in [3.05, 3.63) is 52.8 Å². The summed E-state index contributed by atoms with van der Waals surface area (Å²) in [4.78, 5) is 25.6. The standard InChI is InChI=1S/C23H27ClFN5O/c1-29(2)23(16-4-3-5-17(25)12-16)10-8-22(9-11-23)14-30(21(31)28-22)18-13-26-20(15-6-7-15)27-19(18)24/h3-5,12-13,15H,6-11,14H2,1-2H3,(H,28,31)/t22-,23-. The number of urea groups is 1. The van der Waals surface area contributed by atoms with Gasteiger partial charge in [-0.25, -0.2) is 19.2 Å². The van der Waals surface area contributed by atoms with Gasteiger partial charge in [-0.1, -0.05) is 23.7 Å². The zero-order valence-electron chi connectivity index (χ0n) is 17.9. The van der Waals surface area contributed by atoms with Crippen LogP contribution in [0.15, 0.2) is 30.5 Å². The number of aromatic nitrogens is 2. The molecule has 2 aliphatic carbocycles. The van der Waals surface area contributed by atoms with Crippen molar-refractivity contribution >= 4 is 23.3 Å². The molecule has 0 radical (unpaired) electrons. The van der Waals surface area contributed by atoms with Crippen LogP contribution in [-0.2, 0) is 5.54 Å². The van der Waals surface area contributed by atoms with Crippen LogP contribution in [-0.4, -0.2) is 47.1 Å². The van der Waals surface area contributed by atoms with E-state index in [0.717, 1.165) is 49.9 Å². The van der Waals surface area contributed by atoms with Gasteiger partial charge >= 0.3 is 6.03 Å². The first-order valence-corrected chi connectivity index (χ1v) is 11.3. The van der Waals surface area contributed by atoms with E-state index in [2.05, 4.69) is 20.2 Å². The largest absolute Gasteiger partial charge is 0.330 e. The zero-order chi connectivity index (χ0) is 21.8. The molecule has 0 unspecified atom stereocenters. The van der Waals surface area contributed by atoms with Crippen molar-refractivity contribution in [2.45, 2.75) is 55.5 Å². The summed E-state index contributed by atoms with van der Waals surface area (Å²) in [7, 11) is 4.09. The van der Waals surface area contributed by atoms with Gasteiger partial charge in [0, 0.05) is 11.5 Å². The van der Waals surface area contributed by atoms with E-state index in [1.165, 1.54) is 6.07 Å². The van der Waals surface area contributed by atoms with Crippen molar-refractivity contribution in [1.82, 2.24) is 20.2 Å². The third kappa shape index (κ3) is 3.57. The first-order valence-electron chi connectivity index (χ1n) is 10.9. The number of nitrogens with one attached hydrogen (secondary N) is 1. The van der Waals surface area contributed by atoms with Gasteiger partial charge in [0.25, 0.3) is 0 Å². The number of carbonyl (C=O) groups excluding carboxylic acids is 1. The molecule has 1 aromatic heterocycles. The van der Waals surface area contributed by atoms with Gasteiger partial charge in [0.2, 0.25) is 0 Å². The second kappa shape index (κ2) is 7.41. The summed E-state index contributed by atoms with van der Waals surface area (Å²) >= 11 is 6.44. The van der Waals surface area contributed by atoms with Crippen molar-refractivity contribution in [1.29, 1.82) is 0 Å². The number of nitrogens with zero attached hydrogens (tertiary/aromatic N) is 4. The maximum absolute atomic E-state index is 14.0. The molecule has 1 spiro atoms. The molecule has 6 nitrogen and oxygen atoms in total. The third-order valence-corrected chi connectivity index (χ3v) is 7.58. The van der Waals surface area contributed by atoms with E-state index in [1.807, 2.05) is 20.2 Å². The fourth-order valence-corrected chi connectivity index (χ4v) is 5.42. The Kier molecular flexibility index (Phi) is 4.94. The smallest absolute Gasteiger partial charge is 0.322 e. The summed E-state index contributed by atoms with van der Waals surface area (Å²) in [6.07, 6.45) is 7.11. The lowest BCUT2D eigenvalue weighted by molar-refractivity contribution is 0.0655. The Morgan fingerprint density at radius 2 is 1.97 bits per heavy atom. The highest BCUT2D eigenvalue weighted by Crippen LogP contribution is 2.47. The minimum Gasteiger partial charge on any atom is -0.330 e. The predicted molar refractivity (Wildman–Crippen MR) is 118 cm³/mol. The molecule has 164 valence electrons. The van der Waals surface area contributed by atoms with E-state index in [1.54, 1.807) is 23.2 Å². The number of hydrogen-bond acceptors (Lipinski definition) is 4. The van der Waals surface area contributed by atoms with Crippen LogP contribution in [0.25, 0.3) is 0 Å². The fraction of sp³-hybridized carbons (Fsp3) is 0.522. The molecule has 3 aliphatic rings. The lowest BCUT2D eigenvalue weighted by Crippen LogP contribution is -2.54. The molecule has 1 saturated heterocycles. The zero-order valence-corrected chi connectivity index (χ0v) is 18.6. The van der Waals surface area contributed by atoms with Gasteiger partial charge in [0.1, 0.15) is 17.3 Å². The molecule has 2 aromatic rings. The highest BCUT2D eigenvalue weighted by molar-refractivity contribution is 6.32. The lowest BCUT2D eigenvalue weighted by Gasteiger charge is -2.48. The molecule has 2 saturated carbocycles. The maximum Gasteiger partial charge on any atom is 0.322 e. The second-order valence-electron chi connectivity index (χ2n) is 9.41. The molecular weight excluding hydrogens is 417 g/mol. The van der Waals surface area contributed by atoms with Crippen molar-refractivity contribution in [2.75, 3.05) is 25.5 Å². The monoisotopic (exact) mass is 443 g/mol. The summed E-state index contributed by atoms with van der Waals surface area (Å²) in [5.74, 6) is 0.959. The molecule has 2 amide bonds. The van der Waals surface area contributed by atoms with Crippen LogP contribution in [0.2, 0.25) is 5.15 Å². The Bertz CT molecular complexity index is 1020. The number of hydrogen-bond donors (Lipinski definition) is 1. The average Bonchev–Trinajstić information content (AvgIpc) is 3.54. The number of carbonyl (C=O) groups is 1. The van der Waals surface area contributed by atoms with Crippen LogP contribution in [0.1, 0.15) is 55.8 Å². The van der Waals surface area contributed by atoms with Crippen LogP contribution in [0.5, 0.6) is 0 Å². The van der Waals surface area contributed by atoms with E-state index in [0.29, 0.717) is 23.3 Å². The number of anilines is 1. The van der Waals surface area contributed by atoms with Crippen molar-refractivity contribution in [2.24, 2.45) is 0 Å². The van der Waals surface area contributed by atoms with Crippen LogP contribution < -0.4 is 10.2 Å². The first-order chi connectivity index (χ1) is 14.8. The van der Waals surface area contributed by atoms with Gasteiger partial charge in [-0.3, -0.25) is 9.80 Å². The highest BCUT2D eigenvalue weighted by Gasteiger charge is 2.50. The Morgan fingerprint density at radius 3 is 2.58 bits per heavy atom. The van der Waals surface area contributed by atoms with Crippen LogP contribution in [0.3, 0.4) is 0 Å². The van der Waals surface area contributed by atoms with Crippen molar-refractivity contribution < 1.29 is 9.18 Å². The quantitative estimate of drug-likeness (QED) is 0.709. The Morgan fingerprint density at radius 1 is 1.23 bits per heavy atom. The molecule has 0 bridgehead atoms. The molecule has 1 aromatic carbocycles. The maximum atomic E-state index is 14.0. The third-order valence-electron chi connectivity index (χ3n) is 7.31. The number of amides is 2. The van der Waals surface area contributed by atoms with E-state index >= 15 is 0 Å². The minimum absolute atomic E-state index is 0.159. The molecule has 31 heavy (non-hydrogen) atoms. The van der Waals surface area contributed by atoms with E-state index < -0.39 is 0 Å². The molecule has 8 heteroatoms. The molecule has 0 atom stereocenters. The van der Waals surface area contributed by atoms with E-state index in [4.69, 9.17) is 11.6 Å². The Balaban J connectivity index is 1.36. The molecular formula is C23H27ClFN5O. The van der Waals surface area contributed by atoms with Crippen molar-refractivity contribution in [3.8, 4) is 0 Å². The minimum atomic E-state index is -0.331. The molecule has 1 N–H and O–H groups in total. The van der Waals surface area contributed by atoms with Gasteiger partial charge in [-0.05, 0) is 70.3 Å². The number of benzene rings is 1. The van der Waals surface area contributed by atoms with Gasteiger partial charge < -0.3 is 5.32 Å². The van der Waals surface area contributed by atoms with Gasteiger partial charge in [0.15, 0.2) is 5.15 Å². The number of rotatable bonds is 4. The van der Waals surface area contributed by atoms with Gasteiger partial charge in [0.05, 0.1) is 18.3 Å². The predicted octanol–water partition coefficient (Wildman–Crippen LogP) is 4.45. The molecule has 3 fully saturated rings. The lowest BCUT2D eigenvalue weighted by atomic mass is 9.69. The SMILES string of the molecule is CN(C)[C@]1(c2cccc(F)c2)CC[C@@]2(CC1)CN(c1cnc(C3CC3)nc1Cl)C(=O)N2. The van der Waals surface area contributed by atoms with E-state index in [-0.39, 0.29) is 22.9 Å². The van der Waals surface area contributed by atoms with Crippen LogP contribution in [0.4, 0.5) is 14.9 Å². The Hall–Kier alpha value is -2.25. The van der Waals surface area contributed by atoms with Crippen LogP contribution in [0, 0.1) is 5.82 Å². The Labute approximate surface area is 186 Å².